The first-order chi connectivity index (χ1) is 11.6. The van der Waals surface area contributed by atoms with Crippen molar-refractivity contribution in [2.75, 3.05) is 6.54 Å². The number of halogens is 1. The van der Waals surface area contributed by atoms with Crippen LogP contribution in [0.1, 0.15) is 15.9 Å². The lowest BCUT2D eigenvalue weighted by atomic mass is 10.2. The van der Waals surface area contributed by atoms with Crippen LogP contribution in [0.3, 0.4) is 0 Å². The minimum absolute atomic E-state index is 0.148. The lowest BCUT2D eigenvalue weighted by molar-refractivity contribution is -0.120. The number of allylic oxidation sites excluding steroid dienone is 1. The van der Waals surface area contributed by atoms with E-state index >= 15 is 0 Å². The molecule has 6 heteroatoms. The molecule has 0 heterocycles. The van der Waals surface area contributed by atoms with Gasteiger partial charge in [-0.1, -0.05) is 58.4 Å². The standard InChI is InChI=1S/C18H16BrN3O2/c19-16-10-4-9-15(12-16)18(24)20-13-17(23)22-21-11-5-8-14-6-2-1-3-7-14/h1-12H,13H2,(H,20,24)(H,22,23)/b8-5+,21-11-. The van der Waals surface area contributed by atoms with E-state index in [1.54, 1.807) is 24.3 Å². The summed E-state index contributed by atoms with van der Waals surface area (Å²) in [6.45, 7) is -0.148. The Morgan fingerprint density at radius 3 is 2.62 bits per heavy atom. The molecule has 0 aliphatic carbocycles. The SMILES string of the molecule is O=C(CNC(=O)c1cccc(Br)c1)N/N=C\C=C\c1ccccc1. The molecular weight excluding hydrogens is 370 g/mol. The summed E-state index contributed by atoms with van der Waals surface area (Å²) >= 11 is 3.29. The summed E-state index contributed by atoms with van der Waals surface area (Å²) in [7, 11) is 0. The Hall–Kier alpha value is -2.73. The second kappa shape index (κ2) is 9.42. The largest absolute Gasteiger partial charge is 0.343 e. The van der Waals surface area contributed by atoms with Crippen molar-refractivity contribution in [3.05, 3.63) is 76.3 Å². The molecule has 0 aromatic heterocycles. The molecule has 0 fully saturated rings. The van der Waals surface area contributed by atoms with Crippen LogP contribution in [0, 0.1) is 0 Å². The Labute approximate surface area is 148 Å². The van der Waals surface area contributed by atoms with E-state index in [9.17, 15) is 9.59 Å². The van der Waals surface area contributed by atoms with E-state index in [1.807, 2.05) is 42.5 Å². The van der Waals surface area contributed by atoms with Gasteiger partial charge in [0.05, 0.1) is 6.54 Å². The number of hydrazone groups is 1. The average Bonchev–Trinajstić information content (AvgIpc) is 2.60. The Balaban J connectivity index is 1.72. The molecule has 0 atom stereocenters. The first-order valence-corrected chi connectivity index (χ1v) is 8.02. The van der Waals surface area contributed by atoms with Gasteiger partial charge in [-0.05, 0) is 29.8 Å². The van der Waals surface area contributed by atoms with Crippen LogP contribution < -0.4 is 10.7 Å². The summed E-state index contributed by atoms with van der Waals surface area (Å²) in [6.07, 6.45) is 5.06. The zero-order valence-electron chi connectivity index (χ0n) is 12.8. The molecule has 2 aromatic carbocycles. The summed E-state index contributed by atoms with van der Waals surface area (Å²) in [5.74, 6) is -0.720. The van der Waals surface area contributed by atoms with Crippen molar-refractivity contribution >= 4 is 40.0 Å². The van der Waals surface area contributed by atoms with Crippen molar-refractivity contribution in [1.29, 1.82) is 0 Å². The molecule has 5 nitrogen and oxygen atoms in total. The first-order valence-electron chi connectivity index (χ1n) is 7.22. The molecule has 2 aromatic rings. The maximum Gasteiger partial charge on any atom is 0.259 e. The maximum absolute atomic E-state index is 11.9. The number of nitrogens with zero attached hydrogens (tertiary/aromatic N) is 1. The van der Waals surface area contributed by atoms with Gasteiger partial charge in [0.25, 0.3) is 11.8 Å². The van der Waals surface area contributed by atoms with E-state index in [2.05, 4.69) is 31.8 Å². The molecule has 0 saturated carbocycles. The number of benzene rings is 2. The normalized spacial score (nSPS) is 10.9. The number of amides is 2. The summed E-state index contributed by atoms with van der Waals surface area (Å²) in [4.78, 5) is 23.5. The Bertz CT molecular complexity index is 758. The minimum Gasteiger partial charge on any atom is -0.343 e. The third-order valence-electron chi connectivity index (χ3n) is 2.93. The van der Waals surface area contributed by atoms with Crippen LogP contribution in [0.4, 0.5) is 0 Å². The second-order valence-electron chi connectivity index (χ2n) is 4.78. The van der Waals surface area contributed by atoms with Crippen LogP contribution in [0.2, 0.25) is 0 Å². The van der Waals surface area contributed by atoms with E-state index in [4.69, 9.17) is 0 Å². The third-order valence-corrected chi connectivity index (χ3v) is 3.43. The lowest BCUT2D eigenvalue weighted by Gasteiger charge is -2.04. The molecule has 2 rings (SSSR count). The number of carbonyl (C=O) groups is 2. The van der Waals surface area contributed by atoms with Crippen molar-refractivity contribution in [3.8, 4) is 0 Å². The van der Waals surface area contributed by atoms with Gasteiger partial charge >= 0.3 is 0 Å². The fourth-order valence-corrected chi connectivity index (χ4v) is 2.20. The van der Waals surface area contributed by atoms with Gasteiger partial charge in [0.2, 0.25) is 0 Å². The molecule has 0 bridgehead atoms. The van der Waals surface area contributed by atoms with Gasteiger partial charge < -0.3 is 5.32 Å². The fraction of sp³-hybridized carbons (Fsp3) is 0.0556. The zero-order chi connectivity index (χ0) is 17.2. The number of rotatable bonds is 6. The van der Waals surface area contributed by atoms with Crippen LogP contribution in [0.5, 0.6) is 0 Å². The van der Waals surface area contributed by atoms with Crippen molar-refractivity contribution in [2.45, 2.75) is 0 Å². The van der Waals surface area contributed by atoms with Crippen LogP contribution in [-0.4, -0.2) is 24.6 Å². The Morgan fingerprint density at radius 1 is 1.08 bits per heavy atom. The molecule has 0 aliphatic heterocycles. The van der Waals surface area contributed by atoms with Gasteiger partial charge in [-0.25, -0.2) is 5.43 Å². The van der Waals surface area contributed by atoms with Gasteiger partial charge in [0.1, 0.15) is 0 Å². The quantitative estimate of drug-likeness (QED) is 0.592. The van der Waals surface area contributed by atoms with Gasteiger partial charge in [-0.15, -0.1) is 0 Å². The first kappa shape index (κ1) is 17.6. The molecule has 24 heavy (non-hydrogen) atoms. The number of nitrogens with one attached hydrogen (secondary N) is 2. The predicted octanol–water partition coefficient (Wildman–Crippen LogP) is 2.99. The summed E-state index contributed by atoms with van der Waals surface area (Å²) in [5, 5.41) is 6.31. The number of carbonyl (C=O) groups excluding carboxylic acids is 2. The molecule has 2 N–H and O–H groups in total. The molecular formula is C18H16BrN3O2. The molecule has 0 radical (unpaired) electrons. The van der Waals surface area contributed by atoms with Crippen LogP contribution >= 0.6 is 15.9 Å². The topological polar surface area (TPSA) is 70.6 Å². The average molecular weight is 386 g/mol. The Kier molecular flexibility index (Phi) is 6.91. The fourth-order valence-electron chi connectivity index (χ4n) is 1.80. The van der Waals surface area contributed by atoms with Gasteiger partial charge in [-0.2, -0.15) is 5.10 Å². The highest BCUT2D eigenvalue weighted by Gasteiger charge is 2.07. The lowest BCUT2D eigenvalue weighted by Crippen LogP contribution is -2.34. The monoisotopic (exact) mass is 385 g/mol. The Morgan fingerprint density at radius 2 is 1.88 bits per heavy atom. The van der Waals surface area contributed by atoms with E-state index in [-0.39, 0.29) is 12.5 Å². The highest BCUT2D eigenvalue weighted by molar-refractivity contribution is 9.10. The number of hydrogen-bond acceptors (Lipinski definition) is 3. The highest BCUT2D eigenvalue weighted by Crippen LogP contribution is 2.11. The highest BCUT2D eigenvalue weighted by atomic mass is 79.9. The van der Waals surface area contributed by atoms with E-state index < -0.39 is 5.91 Å². The maximum atomic E-state index is 11.9. The summed E-state index contributed by atoms with van der Waals surface area (Å²) in [5.41, 5.74) is 3.86. The van der Waals surface area contributed by atoms with Gasteiger partial charge in [0, 0.05) is 16.3 Å². The van der Waals surface area contributed by atoms with Crippen molar-refractivity contribution in [1.82, 2.24) is 10.7 Å². The minimum atomic E-state index is -0.400. The van der Waals surface area contributed by atoms with Gasteiger partial charge in [-0.3, -0.25) is 9.59 Å². The van der Waals surface area contributed by atoms with Crippen LogP contribution in [0.25, 0.3) is 6.08 Å². The van der Waals surface area contributed by atoms with E-state index in [0.717, 1.165) is 10.0 Å². The summed E-state index contributed by atoms with van der Waals surface area (Å²) < 4.78 is 0.800. The second-order valence-corrected chi connectivity index (χ2v) is 5.69. The van der Waals surface area contributed by atoms with Crippen molar-refractivity contribution < 1.29 is 9.59 Å². The number of hydrogen-bond donors (Lipinski definition) is 2. The molecule has 0 saturated heterocycles. The summed E-state index contributed by atoms with van der Waals surface area (Å²) in [6, 6.07) is 16.7. The van der Waals surface area contributed by atoms with E-state index in [0.29, 0.717) is 5.56 Å². The molecule has 0 unspecified atom stereocenters. The predicted molar refractivity (Wildman–Crippen MR) is 98.6 cm³/mol. The van der Waals surface area contributed by atoms with Gasteiger partial charge in [0.15, 0.2) is 0 Å². The third kappa shape index (κ3) is 6.18. The molecule has 2 amide bonds. The smallest absolute Gasteiger partial charge is 0.259 e. The molecule has 122 valence electrons. The molecule has 0 aliphatic rings. The zero-order valence-corrected chi connectivity index (χ0v) is 14.4. The molecule has 0 spiro atoms. The van der Waals surface area contributed by atoms with E-state index in [1.165, 1.54) is 6.21 Å². The van der Waals surface area contributed by atoms with Crippen molar-refractivity contribution in [2.24, 2.45) is 5.10 Å². The van der Waals surface area contributed by atoms with Crippen LogP contribution in [-0.2, 0) is 4.79 Å². The van der Waals surface area contributed by atoms with Crippen LogP contribution in [0.15, 0.2) is 70.2 Å². The van der Waals surface area contributed by atoms with Crippen molar-refractivity contribution in [3.63, 3.8) is 0 Å².